The van der Waals surface area contributed by atoms with Crippen LogP contribution >= 0.6 is 11.5 Å². The van der Waals surface area contributed by atoms with Gasteiger partial charge in [-0.1, -0.05) is 19.1 Å². The molecule has 2 aromatic rings. The molecule has 1 heterocycles. The van der Waals surface area contributed by atoms with E-state index >= 15 is 0 Å². The molecule has 4 nitrogen and oxygen atoms in total. The lowest BCUT2D eigenvalue weighted by Crippen LogP contribution is -2.23. The summed E-state index contributed by atoms with van der Waals surface area (Å²) >= 11 is 0.761. The fourth-order valence-corrected chi connectivity index (χ4v) is 2.59. The molecule has 1 aromatic heterocycles. The predicted molar refractivity (Wildman–Crippen MR) is 77.1 cm³/mol. The lowest BCUT2D eigenvalue weighted by molar-refractivity contribution is -0.144. The summed E-state index contributed by atoms with van der Waals surface area (Å²) in [6.45, 7) is 3.00. The van der Waals surface area contributed by atoms with E-state index in [-0.39, 0.29) is 5.13 Å². The molecule has 0 aliphatic heterocycles. The van der Waals surface area contributed by atoms with Gasteiger partial charge in [-0.15, -0.1) is 0 Å². The normalized spacial score (nSPS) is 11.6. The van der Waals surface area contributed by atoms with E-state index in [9.17, 15) is 13.2 Å². The van der Waals surface area contributed by atoms with Gasteiger partial charge in [0.25, 0.3) is 0 Å². The third-order valence-electron chi connectivity index (χ3n) is 2.76. The van der Waals surface area contributed by atoms with Crippen LogP contribution in [0.15, 0.2) is 24.3 Å². The Morgan fingerprint density at radius 2 is 2.10 bits per heavy atom. The standard InChI is InChI=1S/C13H15F3N4S/c1-2-6-20(8-9-4-3-5-10(17)7-9)12-18-11(19-21-12)13(14,15)16/h3-5,7H,2,6,8,17H2,1H3. The fourth-order valence-electron chi connectivity index (χ4n) is 1.88. The third-order valence-corrected chi connectivity index (χ3v) is 3.53. The first-order chi connectivity index (χ1) is 9.90. The number of hydrogen-bond acceptors (Lipinski definition) is 5. The number of alkyl halides is 3. The molecule has 0 atom stereocenters. The second-order valence-electron chi connectivity index (χ2n) is 4.56. The zero-order valence-electron chi connectivity index (χ0n) is 11.4. The first-order valence-corrected chi connectivity index (χ1v) is 7.17. The Kier molecular flexibility index (Phi) is 4.66. The molecule has 0 radical (unpaired) electrons. The summed E-state index contributed by atoms with van der Waals surface area (Å²) in [7, 11) is 0. The predicted octanol–water partition coefficient (Wildman–Crippen LogP) is 3.56. The van der Waals surface area contributed by atoms with Crippen LogP contribution in [0.3, 0.4) is 0 Å². The molecule has 0 aliphatic rings. The van der Waals surface area contributed by atoms with E-state index in [0.717, 1.165) is 23.5 Å². The number of nitrogens with two attached hydrogens (primary N) is 1. The molecule has 0 unspecified atom stereocenters. The van der Waals surface area contributed by atoms with Crippen LogP contribution in [0, 0.1) is 0 Å². The number of benzene rings is 1. The molecule has 0 saturated heterocycles. The number of anilines is 2. The minimum absolute atomic E-state index is 0.270. The van der Waals surface area contributed by atoms with Crippen LogP contribution in [0.2, 0.25) is 0 Å². The first-order valence-electron chi connectivity index (χ1n) is 6.40. The number of hydrogen-bond donors (Lipinski definition) is 1. The molecule has 1 aromatic carbocycles. The Morgan fingerprint density at radius 3 is 2.67 bits per heavy atom. The summed E-state index contributed by atoms with van der Waals surface area (Å²) in [4.78, 5) is 5.38. The highest BCUT2D eigenvalue weighted by Gasteiger charge is 2.36. The first kappa shape index (κ1) is 15.6. The van der Waals surface area contributed by atoms with Crippen molar-refractivity contribution < 1.29 is 13.2 Å². The van der Waals surface area contributed by atoms with Crippen LogP contribution in [-0.4, -0.2) is 15.9 Å². The van der Waals surface area contributed by atoms with Gasteiger partial charge in [0.2, 0.25) is 11.0 Å². The largest absolute Gasteiger partial charge is 0.452 e. The molecular weight excluding hydrogens is 301 g/mol. The second kappa shape index (κ2) is 6.30. The van der Waals surface area contributed by atoms with Crippen molar-refractivity contribution >= 4 is 22.4 Å². The van der Waals surface area contributed by atoms with Gasteiger partial charge in [0, 0.05) is 30.3 Å². The van der Waals surface area contributed by atoms with Gasteiger partial charge in [0.05, 0.1) is 0 Å². The number of rotatable bonds is 5. The molecule has 21 heavy (non-hydrogen) atoms. The maximum absolute atomic E-state index is 12.6. The Balaban J connectivity index is 2.20. The second-order valence-corrected chi connectivity index (χ2v) is 5.30. The van der Waals surface area contributed by atoms with Crippen molar-refractivity contribution in [3.63, 3.8) is 0 Å². The highest BCUT2D eigenvalue weighted by molar-refractivity contribution is 7.09. The molecule has 114 valence electrons. The third kappa shape index (κ3) is 4.07. The minimum atomic E-state index is -4.51. The Bertz CT molecular complexity index is 597. The van der Waals surface area contributed by atoms with Crippen LogP contribution < -0.4 is 10.6 Å². The van der Waals surface area contributed by atoms with E-state index in [1.165, 1.54) is 0 Å². The molecule has 0 spiro atoms. The van der Waals surface area contributed by atoms with Gasteiger partial charge in [-0.2, -0.15) is 22.5 Å². The SMILES string of the molecule is CCCN(Cc1cccc(N)c1)c1nc(C(F)(F)F)ns1. The van der Waals surface area contributed by atoms with E-state index in [4.69, 9.17) is 5.73 Å². The quantitative estimate of drug-likeness (QED) is 0.857. The van der Waals surface area contributed by atoms with Crippen LogP contribution in [0.5, 0.6) is 0 Å². The Hall–Kier alpha value is -1.83. The average molecular weight is 316 g/mol. The Labute approximate surface area is 124 Å². The Morgan fingerprint density at radius 1 is 1.33 bits per heavy atom. The van der Waals surface area contributed by atoms with Gasteiger partial charge in [-0.05, 0) is 24.1 Å². The van der Waals surface area contributed by atoms with Gasteiger partial charge in [0.15, 0.2) is 0 Å². The molecule has 0 fully saturated rings. The van der Waals surface area contributed by atoms with Crippen LogP contribution in [0.25, 0.3) is 0 Å². The van der Waals surface area contributed by atoms with Crippen LogP contribution in [-0.2, 0) is 12.7 Å². The molecule has 0 amide bonds. The summed E-state index contributed by atoms with van der Waals surface area (Å²) < 4.78 is 41.1. The molecule has 0 aliphatic carbocycles. The highest BCUT2D eigenvalue weighted by atomic mass is 32.1. The van der Waals surface area contributed by atoms with Crippen molar-refractivity contribution in [1.82, 2.24) is 9.36 Å². The van der Waals surface area contributed by atoms with Gasteiger partial charge >= 0.3 is 6.18 Å². The van der Waals surface area contributed by atoms with Crippen LogP contribution in [0.4, 0.5) is 24.0 Å². The molecular formula is C13H15F3N4S. The van der Waals surface area contributed by atoms with Gasteiger partial charge in [-0.25, -0.2) is 0 Å². The van der Waals surface area contributed by atoms with E-state index in [1.807, 2.05) is 19.1 Å². The molecule has 8 heteroatoms. The van der Waals surface area contributed by atoms with Crippen LogP contribution in [0.1, 0.15) is 24.7 Å². The van der Waals surface area contributed by atoms with Crippen molar-refractivity contribution in [2.75, 3.05) is 17.2 Å². The summed E-state index contributed by atoms with van der Waals surface area (Å²) in [6, 6.07) is 7.26. The van der Waals surface area contributed by atoms with Crippen molar-refractivity contribution in [2.45, 2.75) is 26.1 Å². The number of nitrogen functional groups attached to an aromatic ring is 1. The molecule has 2 N–H and O–H groups in total. The van der Waals surface area contributed by atoms with E-state index in [1.54, 1.807) is 17.0 Å². The number of aromatic nitrogens is 2. The maximum Gasteiger partial charge on any atom is 0.452 e. The smallest absolute Gasteiger partial charge is 0.399 e. The topological polar surface area (TPSA) is 55.0 Å². The zero-order chi connectivity index (χ0) is 15.5. The van der Waals surface area contributed by atoms with Gasteiger partial charge in [0.1, 0.15) is 0 Å². The van der Waals surface area contributed by atoms with Gasteiger partial charge in [-0.3, -0.25) is 0 Å². The van der Waals surface area contributed by atoms with Crippen molar-refractivity contribution in [3.05, 3.63) is 35.7 Å². The summed E-state index contributed by atoms with van der Waals surface area (Å²) in [5, 5.41) is 0.270. The molecule has 2 rings (SSSR count). The lowest BCUT2D eigenvalue weighted by Gasteiger charge is -2.20. The maximum atomic E-state index is 12.6. The minimum Gasteiger partial charge on any atom is -0.399 e. The number of nitrogens with zero attached hydrogens (tertiary/aromatic N) is 3. The van der Waals surface area contributed by atoms with Gasteiger partial charge < -0.3 is 10.6 Å². The molecule has 0 bridgehead atoms. The summed E-state index contributed by atoms with van der Waals surface area (Å²) in [5.41, 5.74) is 7.26. The zero-order valence-corrected chi connectivity index (χ0v) is 12.2. The van der Waals surface area contributed by atoms with Crippen molar-refractivity contribution in [2.24, 2.45) is 0 Å². The molecule has 0 saturated carbocycles. The number of halogens is 3. The van der Waals surface area contributed by atoms with E-state index in [0.29, 0.717) is 18.8 Å². The fraction of sp³-hybridized carbons (Fsp3) is 0.385. The monoisotopic (exact) mass is 316 g/mol. The van der Waals surface area contributed by atoms with Crippen molar-refractivity contribution in [3.8, 4) is 0 Å². The summed E-state index contributed by atoms with van der Waals surface area (Å²) in [5.74, 6) is -1.09. The van der Waals surface area contributed by atoms with Crippen molar-refractivity contribution in [1.29, 1.82) is 0 Å². The van der Waals surface area contributed by atoms with E-state index < -0.39 is 12.0 Å². The summed E-state index contributed by atoms with van der Waals surface area (Å²) in [6.07, 6.45) is -3.72. The lowest BCUT2D eigenvalue weighted by atomic mass is 10.2. The van der Waals surface area contributed by atoms with E-state index in [2.05, 4.69) is 9.36 Å². The highest BCUT2D eigenvalue weighted by Crippen LogP contribution is 2.30. The average Bonchev–Trinajstić information content (AvgIpc) is 2.87.